The van der Waals surface area contributed by atoms with Crippen LogP contribution in [0, 0.1) is 0 Å². The lowest BCUT2D eigenvalue weighted by molar-refractivity contribution is -0.118. The second kappa shape index (κ2) is 6.95. The lowest BCUT2D eigenvalue weighted by Gasteiger charge is -2.11. The van der Waals surface area contributed by atoms with Crippen LogP contribution in [0.15, 0.2) is 23.6 Å². The van der Waals surface area contributed by atoms with Gasteiger partial charge >= 0.3 is 0 Å². The van der Waals surface area contributed by atoms with E-state index in [1.165, 1.54) is 18.4 Å². The van der Waals surface area contributed by atoms with Gasteiger partial charge in [0.2, 0.25) is 12.7 Å². The number of methoxy groups -OCH3 is 1. The molecule has 0 saturated carbocycles. The Morgan fingerprint density at radius 3 is 3.09 bits per heavy atom. The quantitative estimate of drug-likeness (QED) is 0.836. The molecule has 1 aliphatic heterocycles. The highest BCUT2D eigenvalue weighted by molar-refractivity contribution is 7.14. The van der Waals surface area contributed by atoms with Gasteiger partial charge in [0.15, 0.2) is 16.6 Å². The molecule has 3 N–H and O–H groups in total. The number of carbonyl (C=O) groups excluding carboxylic acids is 1. The highest BCUT2D eigenvalue weighted by atomic mass is 32.1. The predicted octanol–water partition coefficient (Wildman–Crippen LogP) is 1.84. The summed E-state index contributed by atoms with van der Waals surface area (Å²) >= 11 is 1.36. The van der Waals surface area contributed by atoms with E-state index in [1.54, 1.807) is 0 Å². The molecule has 1 amide bonds. The molecular formula is C15H17N3O4S. The maximum Gasteiger partial charge on any atom is 0.231 e. The van der Waals surface area contributed by atoms with Crippen LogP contribution in [0.4, 0.5) is 5.13 Å². The molecule has 0 spiro atoms. The Morgan fingerprint density at radius 1 is 1.48 bits per heavy atom. The van der Waals surface area contributed by atoms with Gasteiger partial charge in [0.25, 0.3) is 0 Å². The first-order valence-electron chi connectivity index (χ1n) is 7.08. The van der Waals surface area contributed by atoms with Crippen LogP contribution >= 0.6 is 11.3 Å². The minimum absolute atomic E-state index is 0.172. The number of amides is 1. The first-order valence-corrected chi connectivity index (χ1v) is 7.96. The van der Waals surface area contributed by atoms with Crippen molar-refractivity contribution in [1.82, 2.24) is 4.98 Å². The molecule has 3 rings (SSSR count). The predicted molar refractivity (Wildman–Crippen MR) is 86.8 cm³/mol. The van der Waals surface area contributed by atoms with E-state index in [1.807, 2.05) is 23.6 Å². The minimum atomic E-state index is -0.289. The fourth-order valence-electron chi connectivity index (χ4n) is 2.16. The fourth-order valence-corrected chi connectivity index (χ4v) is 2.90. The molecule has 122 valence electrons. The summed E-state index contributed by atoms with van der Waals surface area (Å²) in [5.41, 5.74) is 7.18. The normalized spacial score (nSPS) is 13.8. The third kappa shape index (κ3) is 3.61. The minimum Gasteiger partial charge on any atom is -0.454 e. The average molecular weight is 335 g/mol. The van der Waals surface area contributed by atoms with Crippen molar-refractivity contribution < 1.29 is 19.0 Å². The van der Waals surface area contributed by atoms with E-state index in [9.17, 15) is 4.79 Å². The number of rotatable bonds is 6. The number of nitrogens with zero attached hydrogens (tertiary/aromatic N) is 1. The molecule has 8 heteroatoms. The number of benzene rings is 1. The van der Waals surface area contributed by atoms with Gasteiger partial charge in [-0.25, -0.2) is 4.98 Å². The van der Waals surface area contributed by atoms with Crippen molar-refractivity contribution in [3.05, 3.63) is 23.6 Å². The van der Waals surface area contributed by atoms with E-state index < -0.39 is 0 Å². The maximum atomic E-state index is 11.9. The van der Waals surface area contributed by atoms with Crippen LogP contribution in [0.1, 0.15) is 6.42 Å². The SMILES string of the molecule is COC(CN)CC(=O)Nc1nc(-c2ccc3c(c2)OCO3)cs1. The summed E-state index contributed by atoms with van der Waals surface area (Å²) in [7, 11) is 1.53. The number of hydrogen-bond donors (Lipinski definition) is 2. The summed E-state index contributed by atoms with van der Waals surface area (Å²) < 4.78 is 15.7. The second-order valence-electron chi connectivity index (χ2n) is 4.95. The van der Waals surface area contributed by atoms with E-state index in [2.05, 4.69) is 10.3 Å². The topological polar surface area (TPSA) is 95.7 Å². The van der Waals surface area contributed by atoms with Crippen LogP contribution in [0.5, 0.6) is 11.5 Å². The molecule has 1 aliphatic rings. The summed E-state index contributed by atoms with van der Waals surface area (Å²) in [4.78, 5) is 16.3. The van der Waals surface area contributed by atoms with Gasteiger partial charge in [0.1, 0.15) is 0 Å². The third-order valence-corrected chi connectivity index (χ3v) is 4.19. The molecule has 1 aromatic carbocycles. The zero-order valence-corrected chi connectivity index (χ0v) is 13.4. The van der Waals surface area contributed by atoms with Crippen LogP contribution in [0.3, 0.4) is 0 Å². The summed E-state index contributed by atoms with van der Waals surface area (Å²) in [5, 5.41) is 5.18. The highest BCUT2D eigenvalue weighted by Gasteiger charge is 2.16. The van der Waals surface area contributed by atoms with Crippen molar-refractivity contribution in [2.75, 3.05) is 25.8 Å². The zero-order valence-electron chi connectivity index (χ0n) is 12.6. The number of thiazole rings is 1. The fraction of sp³-hybridized carbons (Fsp3) is 0.333. The Bertz CT molecular complexity index is 700. The number of fused-ring (bicyclic) bond motifs is 1. The Kier molecular flexibility index (Phi) is 4.75. The summed E-state index contributed by atoms with van der Waals surface area (Å²) in [5.74, 6) is 1.26. The Morgan fingerprint density at radius 2 is 2.30 bits per heavy atom. The van der Waals surface area contributed by atoms with Crippen molar-refractivity contribution >= 4 is 22.4 Å². The van der Waals surface area contributed by atoms with Gasteiger partial charge in [0, 0.05) is 24.6 Å². The molecule has 1 unspecified atom stereocenters. The van der Waals surface area contributed by atoms with Gasteiger partial charge in [-0.3, -0.25) is 4.79 Å². The van der Waals surface area contributed by atoms with Crippen molar-refractivity contribution in [2.45, 2.75) is 12.5 Å². The lowest BCUT2D eigenvalue weighted by atomic mass is 10.1. The number of aromatic nitrogens is 1. The molecule has 2 aromatic rings. The molecule has 0 fully saturated rings. The number of ether oxygens (including phenoxy) is 3. The van der Waals surface area contributed by atoms with E-state index in [0.29, 0.717) is 17.4 Å². The van der Waals surface area contributed by atoms with Gasteiger partial charge in [-0.05, 0) is 18.2 Å². The zero-order chi connectivity index (χ0) is 16.2. The highest BCUT2D eigenvalue weighted by Crippen LogP contribution is 2.36. The van der Waals surface area contributed by atoms with Gasteiger partial charge < -0.3 is 25.3 Å². The molecule has 1 atom stereocenters. The number of nitrogens with two attached hydrogens (primary N) is 1. The smallest absolute Gasteiger partial charge is 0.231 e. The first-order chi connectivity index (χ1) is 11.2. The van der Waals surface area contributed by atoms with Crippen LogP contribution in [-0.4, -0.2) is 37.4 Å². The summed E-state index contributed by atoms with van der Waals surface area (Å²) in [6.45, 7) is 0.531. The lowest BCUT2D eigenvalue weighted by Crippen LogP contribution is -2.28. The molecule has 2 heterocycles. The second-order valence-corrected chi connectivity index (χ2v) is 5.81. The molecule has 0 bridgehead atoms. The van der Waals surface area contributed by atoms with Gasteiger partial charge in [0.05, 0.1) is 18.2 Å². The Hall–Kier alpha value is -2.16. The van der Waals surface area contributed by atoms with Crippen molar-refractivity contribution in [3.63, 3.8) is 0 Å². The Balaban J connectivity index is 1.67. The summed E-state index contributed by atoms with van der Waals surface area (Å²) in [6, 6.07) is 5.63. The average Bonchev–Trinajstić information content (AvgIpc) is 3.20. The molecular weight excluding hydrogens is 318 g/mol. The monoisotopic (exact) mass is 335 g/mol. The first kappa shape index (κ1) is 15.7. The van der Waals surface area contributed by atoms with Crippen molar-refractivity contribution in [1.29, 1.82) is 0 Å². The molecule has 1 aromatic heterocycles. The van der Waals surface area contributed by atoms with Gasteiger partial charge in [-0.2, -0.15) is 0 Å². The number of carbonyl (C=O) groups is 1. The van der Waals surface area contributed by atoms with E-state index in [-0.39, 0.29) is 25.2 Å². The Labute approximate surface area is 137 Å². The molecule has 23 heavy (non-hydrogen) atoms. The number of hydrogen-bond acceptors (Lipinski definition) is 7. The number of anilines is 1. The van der Waals surface area contributed by atoms with Gasteiger partial charge in [-0.15, -0.1) is 11.3 Å². The largest absolute Gasteiger partial charge is 0.454 e. The maximum absolute atomic E-state index is 11.9. The molecule has 0 radical (unpaired) electrons. The van der Waals surface area contributed by atoms with Crippen molar-refractivity contribution in [3.8, 4) is 22.8 Å². The van der Waals surface area contributed by atoms with Crippen LogP contribution in [-0.2, 0) is 9.53 Å². The van der Waals surface area contributed by atoms with Gasteiger partial charge in [-0.1, -0.05) is 0 Å². The summed E-state index contributed by atoms with van der Waals surface area (Å²) in [6.07, 6.45) is -0.0883. The molecule has 0 aliphatic carbocycles. The van der Waals surface area contributed by atoms with Crippen molar-refractivity contribution in [2.24, 2.45) is 5.73 Å². The third-order valence-electron chi connectivity index (χ3n) is 3.43. The number of nitrogens with one attached hydrogen (secondary N) is 1. The van der Waals surface area contributed by atoms with E-state index in [0.717, 1.165) is 17.0 Å². The molecule has 7 nitrogen and oxygen atoms in total. The van der Waals surface area contributed by atoms with E-state index in [4.69, 9.17) is 19.9 Å². The van der Waals surface area contributed by atoms with E-state index >= 15 is 0 Å². The van der Waals surface area contributed by atoms with Crippen LogP contribution in [0.2, 0.25) is 0 Å². The standard InChI is InChI=1S/C15H17N3O4S/c1-20-10(6-16)5-14(19)18-15-17-11(7-23-15)9-2-3-12-13(4-9)22-8-21-12/h2-4,7,10H,5-6,8,16H2,1H3,(H,17,18,19). The molecule has 0 saturated heterocycles. The van der Waals surface area contributed by atoms with Crippen LogP contribution in [0.25, 0.3) is 11.3 Å². The van der Waals surface area contributed by atoms with Crippen LogP contribution < -0.4 is 20.5 Å².